The summed E-state index contributed by atoms with van der Waals surface area (Å²) in [4.78, 5) is 0. The molecule has 3 rings (SSSR count). The average Bonchev–Trinajstić information content (AvgIpc) is 2.59. The monoisotopic (exact) mass is 346 g/mol. The van der Waals surface area contributed by atoms with Gasteiger partial charge in [-0.05, 0) is 54.7 Å². The Balaban J connectivity index is 1.76. The smallest absolute Gasteiger partial charge is 0.119 e. The van der Waals surface area contributed by atoms with Crippen molar-refractivity contribution in [1.82, 2.24) is 0 Å². The summed E-state index contributed by atoms with van der Waals surface area (Å²) in [6, 6.07) is 14.1. The fourth-order valence-electron chi connectivity index (χ4n) is 3.03. The highest BCUT2D eigenvalue weighted by molar-refractivity contribution is 6.31. The quantitative estimate of drug-likeness (QED) is 0.863. The van der Waals surface area contributed by atoms with E-state index < -0.39 is 0 Å². The van der Waals surface area contributed by atoms with Crippen molar-refractivity contribution in [1.29, 1.82) is 0 Å². The SMILES string of the molecule is CCOc1ccc(Cc2cc([C@H]3C[C@@H](O)CCO3)ccc2Cl)cc1. The third-order valence-corrected chi connectivity index (χ3v) is 4.70. The molecule has 2 aromatic carbocycles. The molecule has 128 valence electrons. The van der Waals surface area contributed by atoms with Gasteiger partial charge >= 0.3 is 0 Å². The lowest BCUT2D eigenvalue weighted by atomic mass is 9.96. The molecule has 0 bridgehead atoms. The third-order valence-electron chi connectivity index (χ3n) is 4.33. The lowest BCUT2D eigenvalue weighted by molar-refractivity contribution is -0.0448. The minimum absolute atomic E-state index is 0.0508. The van der Waals surface area contributed by atoms with Crippen molar-refractivity contribution in [3.8, 4) is 5.75 Å². The first kappa shape index (κ1) is 17.3. The number of rotatable bonds is 5. The Morgan fingerprint density at radius 1 is 1.21 bits per heavy atom. The van der Waals surface area contributed by atoms with Gasteiger partial charge < -0.3 is 14.6 Å². The molecule has 0 spiro atoms. The van der Waals surface area contributed by atoms with Gasteiger partial charge in [-0.2, -0.15) is 0 Å². The minimum atomic E-state index is -0.283. The van der Waals surface area contributed by atoms with Gasteiger partial charge in [0.2, 0.25) is 0 Å². The zero-order valence-electron chi connectivity index (χ0n) is 13.9. The van der Waals surface area contributed by atoms with Crippen molar-refractivity contribution in [3.63, 3.8) is 0 Å². The number of aliphatic hydroxyl groups excluding tert-OH is 1. The van der Waals surface area contributed by atoms with Crippen molar-refractivity contribution in [3.05, 3.63) is 64.2 Å². The van der Waals surface area contributed by atoms with E-state index >= 15 is 0 Å². The molecule has 1 N–H and O–H groups in total. The Labute approximate surface area is 148 Å². The standard InChI is InChI=1S/C20H23ClO3/c1-2-23-18-6-3-14(4-7-18)11-16-12-15(5-8-19(16)21)20-13-17(22)9-10-24-20/h3-8,12,17,20,22H,2,9-11,13H2,1H3/t17-,20+/m0/s1. The topological polar surface area (TPSA) is 38.7 Å². The number of hydrogen-bond donors (Lipinski definition) is 1. The second-order valence-electron chi connectivity index (χ2n) is 6.14. The van der Waals surface area contributed by atoms with E-state index in [0.29, 0.717) is 26.1 Å². The highest BCUT2D eigenvalue weighted by Gasteiger charge is 2.22. The fourth-order valence-corrected chi connectivity index (χ4v) is 3.22. The molecule has 1 fully saturated rings. The first-order valence-electron chi connectivity index (χ1n) is 8.45. The van der Waals surface area contributed by atoms with Crippen LogP contribution >= 0.6 is 11.6 Å². The highest BCUT2D eigenvalue weighted by Crippen LogP contribution is 2.31. The molecule has 0 amide bonds. The van der Waals surface area contributed by atoms with Crippen molar-refractivity contribution in [2.75, 3.05) is 13.2 Å². The van der Waals surface area contributed by atoms with E-state index in [1.54, 1.807) is 0 Å². The molecule has 0 radical (unpaired) electrons. The molecule has 4 heteroatoms. The number of aliphatic hydroxyl groups is 1. The van der Waals surface area contributed by atoms with Gasteiger partial charge in [0.05, 0.1) is 18.8 Å². The van der Waals surface area contributed by atoms with E-state index in [-0.39, 0.29) is 12.2 Å². The lowest BCUT2D eigenvalue weighted by Crippen LogP contribution is -2.23. The van der Waals surface area contributed by atoms with Gasteiger partial charge in [-0.1, -0.05) is 35.9 Å². The number of hydrogen-bond acceptors (Lipinski definition) is 3. The summed E-state index contributed by atoms with van der Waals surface area (Å²) in [6.45, 7) is 3.24. The molecule has 2 aromatic rings. The molecular formula is C20H23ClO3. The van der Waals surface area contributed by atoms with Crippen LogP contribution < -0.4 is 4.74 Å². The number of benzene rings is 2. The normalized spacial score (nSPS) is 20.8. The Hall–Kier alpha value is -1.55. The maximum absolute atomic E-state index is 9.85. The average molecular weight is 347 g/mol. The molecule has 1 aliphatic rings. The molecule has 2 atom stereocenters. The van der Waals surface area contributed by atoms with Gasteiger partial charge in [0, 0.05) is 18.1 Å². The molecule has 0 aliphatic carbocycles. The molecule has 0 unspecified atom stereocenters. The Bertz CT molecular complexity index is 669. The first-order valence-corrected chi connectivity index (χ1v) is 8.83. The zero-order chi connectivity index (χ0) is 16.9. The summed E-state index contributed by atoms with van der Waals surface area (Å²) >= 11 is 6.38. The zero-order valence-corrected chi connectivity index (χ0v) is 14.6. The van der Waals surface area contributed by atoms with Crippen LogP contribution in [0.1, 0.15) is 42.6 Å². The van der Waals surface area contributed by atoms with E-state index in [1.807, 2.05) is 31.2 Å². The summed E-state index contributed by atoms with van der Waals surface area (Å²) in [6.07, 6.45) is 1.78. The van der Waals surface area contributed by atoms with Gasteiger partial charge in [0.15, 0.2) is 0 Å². The van der Waals surface area contributed by atoms with Crippen LogP contribution in [0.3, 0.4) is 0 Å². The largest absolute Gasteiger partial charge is 0.494 e. The van der Waals surface area contributed by atoms with Gasteiger partial charge in [-0.15, -0.1) is 0 Å². The first-order chi connectivity index (χ1) is 11.7. The Morgan fingerprint density at radius 3 is 2.71 bits per heavy atom. The van der Waals surface area contributed by atoms with Crippen LogP contribution in [-0.2, 0) is 11.2 Å². The van der Waals surface area contributed by atoms with Gasteiger partial charge in [0.25, 0.3) is 0 Å². The Kier molecular flexibility index (Phi) is 5.77. The fraction of sp³-hybridized carbons (Fsp3) is 0.400. The lowest BCUT2D eigenvalue weighted by Gasteiger charge is -2.27. The molecule has 24 heavy (non-hydrogen) atoms. The van der Waals surface area contributed by atoms with Crippen molar-refractivity contribution in [2.45, 2.75) is 38.4 Å². The van der Waals surface area contributed by atoms with Crippen LogP contribution in [-0.4, -0.2) is 24.4 Å². The molecule has 1 saturated heterocycles. The second-order valence-corrected chi connectivity index (χ2v) is 6.55. The molecule has 1 heterocycles. The molecule has 1 aliphatic heterocycles. The van der Waals surface area contributed by atoms with Crippen LogP contribution in [0.2, 0.25) is 5.02 Å². The van der Waals surface area contributed by atoms with Crippen LogP contribution in [0.4, 0.5) is 0 Å². The van der Waals surface area contributed by atoms with Crippen molar-refractivity contribution < 1.29 is 14.6 Å². The summed E-state index contributed by atoms with van der Waals surface area (Å²) in [7, 11) is 0. The summed E-state index contributed by atoms with van der Waals surface area (Å²) in [5.74, 6) is 0.880. The second kappa shape index (κ2) is 8.02. The van der Waals surface area contributed by atoms with Crippen LogP contribution in [0, 0.1) is 0 Å². The van der Waals surface area contributed by atoms with Crippen molar-refractivity contribution >= 4 is 11.6 Å². The minimum Gasteiger partial charge on any atom is -0.494 e. The highest BCUT2D eigenvalue weighted by atomic mass is 35.5. The summed E-state index contributed by atoms with van der Waals surface area (Å²) in [5.41, 5.74) is 3.34. The van der Waals surface area contributed by atoms with Crippen LogP contribution in [0.15, 0.2) is 42.5 Å². The molecule has 0 aromatic heterocycles. The van der Waals surface area contributed by atoms with Gasteiger partial charge in [-0.3, -0.25) is 0 Å². The molecular weight excluding hydrogens is 324 g/mol. The summed E-state index contributed by atoms with van der Waals surface area (Å²) < 4.78 is 11.3. The molecule has 0 saturated carbocycles. The number of halogens is 1. The van der Waals surface area contributed by atoms with Crippen LogP contribution in [0.25, 0.3) is 0 Å². The van der Waals surface area contributed by atoms with Crippen LogP contribution in [0.5, 0.6) is 5.75 Å². The van der Waals surface area contributed by atoms with Gasteiger partial charge in [0.1, 0.15) is 5.75 Å². The molecule has 3 nitrogen and oxygen atoms in total. The van der Waals surface area contributed by atoms with E-state index in [1.165, 1.54) is 5.56 Å². The van der Waals surface area contributed by atoms with E-state index in [9.17, 15) is 5.11 Å². The number of ether oxygens (including phenoxy) is 2. The Morgan fingerprint density at radius 2 is 2.00 bits per heavy atom. The summed E-state index contributed by atoms with van der Waals surface area (Å²) in [5, 5.41) is 10.6. The predicted octanol–water partition coefficient (Wildman–Crippen LogP) is 4.54. The van der Waals surface area contributed by atoms with E-state index in [4.69, 9.17) is 21.1 Å². The van der Waals surface area contributed by atoms with Crippen molar-refractivity contribution in [2.24, 2.45) is 0 Å². The van der Waals surface area contributed by atoms with Gasteiger partial charge in [-0.25, -0.2) is 0 Å². The van der Waals surface area contributed by atoms with E-state index in [0.717, 1.165) is 28.3 Å². The van der Waals surface area contributed by atoms with E-state index in [2.05, 4.69) is 18.2 Å². The maximum Gasteiger partial charge on any atom is 0.119 e. The maximum atomic E-state index is 9.85. The third kappa shape index (κ3) is 4.29. The predicted molar refractivity (Wildman–Crippen MR) is 95.8 cm³/mol.